The summed E-state index contributed by atoms with van der Waals surface area (Å²) in [5, 5.41) is 10.5. The molecule has 0 fully saturated rings. The minimum Gasteiger partial charge on any atom is -0.477 e. The Bertz CT molecular complexity index is 788. The number of halogens is 1. The van der Waals surface area contributed by atoms with Crippen LogP contribution in [0.5, 0.6) is 0 Å². The Balaban J connectivity index is 2.43. The number of anilines is 1. The maximum atomic E-state index is 12.3. The lowest BCUT2D eigenvalue weighted by atomic mass is 10.1. The van der Waals surface area contributed by atoms with Crippen molar-refractivity contribution in [2.45, 2.75) is 18.7 Å². The molecule has 2 aromatic rings. The molecule has 0 spiro atoms. The number of carbonyl (C=O) groups is 1. The number of sulfonamides is 1. The third kappa shape index (κ3) is 3.28. The van der Waals surface area contributed by atoms with Crippen molar-refractivity contribution in [3.05, 3.63) is 44.1 Å². The van der Waals surface area contributed by atoms with Crippen LogP contribution in [0, 0.1) is 13.8 Å². The fraction of sp³-hybridized carbons (Fsp3) is 0.154. The topological polar surface area (TPSA) is 83.5 Å². The second kappa shape index (κ2) is 5.78. The van der Waals surface area contributed by atoms with Crippen LogP contribution in [-0.2, 0) is 10.0 Å². The van der Waals surface area contributed by atoms with E-state index in [1.54, 1.807) is 12.1 Å². The smallest absolute Gasteiger partial charge is 0.347 e. The van der Waals surface area contributed by atoms with Crippen molar-refractivity contribution in [1.82, 2.24) is 0 Å². The summed E-state index contributed by atoms with van der Waals surface area (Å²) in [5.74, 6) is -1.26. The molecular weight excluding hydrogens is 378 g/mol. The summed E-state index contributed by atoms with van der Waals surface area (Å²) >= 11 is 4.29. The lowest BCUT2D eigenvalue weighted by molar-refractivity contribution is 0.0698. The molecule has 2 rings (SSSR count). The third-order valence-electron chi connectivity index (χ3n) is 2.80. The van der Waals surface area contributed by atoms with E-state index in [2.05, 4.69) is 20.7 Å². The summed E-state index contributed by atoms with van der Waals surface area (Å²) < 4.78 is 28.0. The Morgan fingerprint density at radius 3 is 2.38 bits per heavy atom. The van der Waals surface area contributed by atoms with Crippen LogP contribution in [0.4, 0.5) is 5.69 Å². The molecule has 0 amide bonds. The van der Waals surface area contributed by atoms with Gasteiger partial charge in [-0.3, -0.25) is 4.72 Å². The van der Waals surface area contributed by atoms with Crippen molar-refractivity contribution in [3.8, 4) is 0 Å². The summed E-state index contributed by atoms with van der Waals surface area (Å²) in [7, 11) is -3.93. The summed E-state index contributed by atoms with van der Waals surface area (Å²) in [4.78, 5) is 10.6. The van der Waals surface area contributed by atoms with Gasteiger partial charge in [0, 0.05) is 10.2 Å². The summed E-state index contributed by atoms with van der Waals surface area (Å²) in [6, 6.07) is 4.65. The fourth-order valence-electron chi connectivity index (χ4n) is 1.88. The van der Waals surface area contributed by atoms with E-state index in [4.69, 9.17) is 5.11 Å². The van der Waals surface area contributed by atoms with Gasteiger partial charge in [-0.15, -0.1) is 11.3 Å². The standard InChI is InChI=1S/C13H12BrNO4S2/c1-7-5-9(6-8(2)11(7)14)15-21(18,19)10-3-4-20-12(10)13(16)17/h3-6,15H,1-2H3,(H,16,17). The molecule has 0 saturated heterocycles. The van der Waals surface area contributed by atoms with Gasteiger partial charge >= 0.3 is 5.97 Å². The normalized spacial score (nSPS) is 11.4. The average Bonchev–Trinajstić information content (AvgIpc) is 2.85. The number of aromatic carboxylic acids is 1. The summed E-state index contributed by atoms with van der Waals surface area (Å²) in [6.07, 6.45) is 0. The fourth-order valence-corrected chi connectivity index (χ4v) is 4.41. The van der Waals surface area contributed by atoms with E-state index < -0.39 is 16.0 Å². The molecule has 0 radical (unpaired) electrons. The highest BCUT2D eigenvalue weighted by atomic mass is 79.9. The highest BCUT2D eigenvalue weighted by Crippen LogP contribution is 2.28. The number of benzene rings is 1. The van der Waals surface area contributed by atoms with E-state index in [1.165, 1.54) is 11.4 Å². The molecule has 0 aliphatic heterocycles. The van der Waals surface area contributed by atoms with Crippen LogP contribution in [0.25, 0.3) is 0 Å². The second-order valence-corrected chi connectivity index (χ2v) is 7.81. The summed E-state index contributed by atoms with van der Waals surface area (Å²) in [6.45, 7) is 3.70. The molecular formula is C13H12BrNO4S2. The zero-order valence-electron chi connectivity index (χ0n) is 11.2. The Labute approximate surface area is 134 Å². The van der Waals surface area contributed by atoms with Gasteiger partial charge in [0.1, 0.15) is 9.77 Å². The van der Waals surface area contributed by atoms with Crippen LogP contribution in [0.3, 0.4) is 0 Å². The van der Waals surface area contributed by atoms with Crippen molar-refractivity contribution in [1.29, 1.82) is 0 Å². The maximum Gasteiger partial charge on any atom is 0.347 e. The summed E-state index contributed by atoms with van der Waals surface area (Å²) in [5.41, 5.74) is 2.17. The van der Waals surface area contributed by atoms with Gasteiger partial charge in [-0.05, 0) is 48.6 Å². The SMILES string of the molecule is Cc1cc(NS(=O)(=O)c2ccsc2C(=O)O)cc(C)c1Br. The highest BCUT2D eigenvalue weighted by Gasteiger charge is 2.24. The molecule has 0 saturated carbocycles. The van der Waals surface area contributed by atoms with Gasteiger partial charge in [0.2, 0.25) is 0 Å². The van der Waals surface area contributed by atoms with Crippen LogP contribution in [0.15, 0.2) is 32.9 Å². The number of carboxylic acid groups (broad SMARTS) is 1. The van der Waals surface area contributed by atoms with E-state index in [0.29, 0.717) is 5.69 Å². The number of rotatable bonds is 4. The lowest BCUT2D eigenvalue weighted by Gasteiger charge is -2.11. The van der Waals surface area contributed by atoms with E-state index in [9.17, 15) is 13.2 Å². The average molecular weight is 390 g/mol. The molecule has 0 aliphatic rings. The van der Waals surface area contributed by atoms with Gasteiger partial charge in [0.15, 0.2) is 0 Å². The van der Waals surface area contributed by atoms with Gasteiger partial charge < -0.3 is 5.11 Å². The zero-order valence-corrected chi connectivity index (χ0v) is 14.4. The van der Waals surface area contributed by atoms with Crippen molar-refractivity contribution in [3.63, 3.8) is 0 Å². The van der Waals surface area contributed by atoms with Crippen LogP contribution in [-0.4, -0.2) is 19.5 Å². The molecule has 8 heteroatoms. The molecule has 1 aromatic carbocycles. The van der Waals surface area contributed by atoms with Gasteiger partial charge in [-0.1, -0.05) is 15.9 Å². The lowest BCUT2D eigenvalue weighted by Crippen LogP contribution is -2.15. The first kappa shape index (κ1) is 16.0. The molecule has 0 bridgehead atoms. The molecule has 1 heterocycles. The Hall–Kier alpha value is -1.38. The number of thiophene rings is 1. The van der Waals surface area contributed by atoms with Gasteiger partial charge in [0.05, 0.1) is 0 Å². The van der Waals surface area contributed by atoms with Gasteiger partial charge in [-0.2, -0.15) is 0 Å². The molecule has 112 valence electrons. The van der Waals surface area contributed by atoms with Crippen LogP contribution >= 0.6 is 27.3 Å². The number of hydrogen-bond acceptors (Lipinski definition) is 4. The number of aryl methyl sites for hydroxylation is 2. The van der Waals surface area contributed by atoms with Crippen molar-refractivity contribution in [2.24, 2.45) is 0 Å². The number of carboxylic acids is 1. The molecule has 0 atom stereocenters. The predicted molar refractivity (Wildman–Crippen MR) is 85.7 cm³/mol. The first-order valence-corrected chi connectivity index (χ1v) is 8.98. The largest absolute Gasteiger partial charge is 0.477 e. The van der Waals surface area contributed by atoms with Gasteiger partial charge in [-0.25, -0.2) is 13.2 Å². The highest BCUT2D eigenvalue weighted by molar-refractivity contribution is 9.10. The maximum absolute atomic E-state index is 12.3. The quantitative estimate of drug-likeness (QED) is 0.835. The second-order valence-electron chi connectivity index (χ2n) is 4.45. The predicted octanol–water partition coefficient (Wildman–Crippen LogP) is 3.63. The number of nitrogens with one attached hydrogen (secondary N) is 1. The van der Waals surface area contributed by atoms with Crippen LogP contribution in [0.2, 0.25) is 0 Å². The Kier molecular flexibility index (Phi) is 4.40. The van der Waals surface area contributed by atoms with E-state index >= 15 is 0 Å². The minimum absolute atomic E-state index is 0.201. The third-order valence-corrected chi connectivity index (χ3v) is 6.51. The minimum atomic E-state index is -3.93. The van der Waals surface area contributed by atoms with Crippen molar-refractivity contribution >= 4 is 48.9 Å². The molecule has 21 heavy (non-hydrogen) atoms. The van der Waals surface area contributed by atoms with Crippen molar-refractivity contribution < 1.29 is 18.3 Å². The van der Waals surface area contributed by atoms with Crippen molar-refractivity contribution in [2.75, 3.05) is 4.72 Å². The van der Waals surface area contributed by atoms with Crippen LogP contribution < -0.4 is 4.72 Å². The zero-order chi connectivity index (χ0) is 15.8. The Morgan fingerprint density at radius 2 is 1.86 bits per heavy atom. The molecule has 0 aliphatic carbocycles. The number of hydrogen-bond donors (Lipinski definition) is 2. The monoisotopic (exact) mass is 389 g/mol. The molecule has 1 aromatic heterocycles. The van der Waals surface area contributed by atoms with E-state index in [-0.39, 0.29) is 9.77 Å². The van der Waals surface area contributed by atoms with Gasteiger partial charge in [0.25, 0.3) is 10.0 Å². The Morgan fingerprint density at radius 1 is 1.29 bits per heavy atom. The molecule has 0 unspecified atom stereocenters. The van der Waals surface area contributed by atoms with E-state index in [0.717, 1.165) is 26.9 Å². The first-order valence-electron chi connectivity index (χ1n) is 5.82. The van der Waals surface area contributed by atoms with E-state index in [1.807, 2.05) is 13.8 Å². The van der Waals surface area contributed by atoms with Crippen LogP contribution in [0.1, 0.15) is 20.8 Å². The first-order chi connectivity index (χ1) is 9.72. The molecule has 2 N–H and O–H groups in total. The molecule has 5 nitrogen and oxygen atoms in total.